The molecular formula is C13H15N3OS. The van der Waals surface area contributed by atoms with Gasteiger partial charge < -0.3 is 4.90 Å². The number of amides is 1. The second-order valence-electron chi connectivity index (χ2n) is 4.18. The number of thiocarbonyl (C=S) groups is 1. The SMILES string of the molecule is CCN(C)c1ccc(CC2=NC(=S)NC2=O)cc1. The summed E-state index contributed by atoms with van der Waals surface area (Å²) in [6, 6.07) is 8.12. The summed E-state index contributed by atoms with van der Waals surface area (Å²) in [5.74, 6) is -0.185. The molecule has 1 heterocycles. The number of nitrogens with one attached hydrogen (secondary N) is 1. The van der Waals surface area contributed by atoms with Crippen LogP contribution in [0.25, 0.3) is 0 Å². The number of rotatable bonds is 4. The third kappa shape index (κ3) is 2.73. The normalized spacial score (nSPS) is 14.4. The third-order valence-corrected chi connectivity index (χ3v) is 3.14. The van der Waals surface area contributed by atoms with Gasteiger partial charge in [0, 0.05) is 25.7 Å². The van der Waals surface area contributed by atoms with Crippen LogP contribution in [0.3, 0.4) is 0 Å². The van der Waals surface area contributed by atoms with Crippen molar-refractivity contribution in [1.29, 1.82) is 0 Å². The maximum Gasteiger partial charge on any atom is 0.272 e. The first-order valence-electron chi connectivity index (χ1n) is 5.83. The summed E-state index contributed by atoms with van der Waals surface area (Å²) in [6.07, 6.45) is 0.516. The van der Waals surface area contributed by atoms with E-state index in [2.05, 4.69) is 22.1 Å². The molecule has 1 aromatic rings. The van der Waals surface area contributed by atoms with Crippen molar-refractivity contribution in [2.45, 2.75) is 13.3 Å². The van der Waals surface area contributed by atoms with E-state index in [-0.39, 0.29) is 11.0 Å². The Bertz CT molecular complexity index is 507. The molecule has 1 aliphatic rings. The Morgan fingerprint density at radius 2 is 2.00 bits per heavy atom. The van der Waals surface area contributed by atoms with Gasteiger partial charge in [-0.15, -0.1) is 0 Å². The van der Waals surface area contributed by atoms with Gasteiger partial charge in [-0.1, -0.05) is 12.1 Å². The highest BCUT2D eigenvalue weighted by atomic mass is 32.1. The fraction of sp³-hybridized carbons (Fsp3) is 0.308. The van der Waals surface area contributed by atoms with E-state index in [9.17, 15) is 4.79 Å². The third-order valence-electron chi connectivity index (χ3n) is 2.94. The molecule has 0 radical (unpaired) electrons. The number of benzene rings is 1. The molecule has 1 N–H and O–H groups in total. The van der Waals surface area contributed by atoms with Crippen LogP contribution in [-0.4, -0.2) is 30.3 Å². The summed E-state index contributed by atoms with van der Waals surface area (Å²) in [4.78, 5) is 17.6. The summed E-state index contributed by atoms with van der Waals surface area (Å²) in [5, 5.41) is 2.77. The van der Waals surface area contributed by atoms with E-state index in [0.717, 1.165) is 17.8 Å². The molecule has 4 nitrogen and oxygen atoms in total. The molecule has 0 aromatic heterocycles. The second kappa shape index (κ2) is 5.27. The van der Waals surface area contributed by atoms with E-state index in [1.165, 1.54) is 0 Å². The van der Waals surface area contributed by atoms with Crippen LogP contribution in [0, 0.1) is 0 Å². The molecule has 18 heavy (non-hydrogen) atoms. The summed E-state index contributed by atoms with van der Waals surface area (Å²) < 4.78 is 0. The lowest BCUT2D eigenvalue weighted by Gasteiger charge is -2.16. The highest BCUT2D eigenvalue weighted by molar-refractivity contribution is 7.80. The Morgan fingerprint density at radius 3 is 2.50 bits per heavy atom. The van der Waals surface area contributed by atoms with Gasteiger partial charge in [0.05, 0.1) is 0 Å². The lowest BCUT2D eigenvalue weighted by Crippen LogP contribution is -2.26. The Kier molecular flexibility index (Phi) is 3.72. The van der Waals surface area contributed by atoms with Crippen LogP contribution >= 0.6 is 12.2 Å². The fourth-order valence-electron chi connectivity index (χ4n) is 1.73. The number of aliphatic imine (C=N–C) groups is 1. The summed E-state index contributed by atoms with van der Waals surface area (Å²) in [7, 11) is 2.04. The first kappa shape index (κ1) is 12.7. The van der Waals surface area contributed by atoms with Crippen molar-refractivity contribution in [2.24, 2.45) is 4.99 Å². The van der Waals surface area contributed by atoms with E-state index in [4.69, 9.17) is 12.2 Å². The number of anilines is 1. The van der Waals surface area contributed by atoms with Gasteiger partial charge in [0.15, 0.2) is 5.11 Å². The molecule has 0 atom stereocenters. The molecule has 94 valence electrons. The van der Waals surface area contributed by atoms with Gasteiger partial charge in [-0.25, -0.2) is 4.99 Å². The van der Waals surface area contributed by atoms with E-state index < -0.39 is 0 Å². The molecule has 0 spiro atoms. The summed E-state index contributed by atoms with van der Waals surface area (Å²) >= 11 is 4.83. The summed E-state index contributed by atoms with van der Waals surface area (Å²) in [6.45, 7) is 3.06. The highest BCUT2D eigenvalue weighted by Crippen LogP contribution is 2.14. The van der Waals surface area contributed by atoms with E-state index in [1.54, 1.807) is 0 Å². The smallest absolute Gasteiger partial charge is 0.272 e. The standard InChI is InChI=1S/C13H15N3OS/c1-3-16(2)10-6-4-9(5-7-10)8-11-12(17)15-13(18)14-11/h4-7H,3,8H2,1-2H3,(H,15,17,18). The fourth-order valence-corrected chi connectivity index (χ4v) is 1.94. The number of carbonyl (C=O) groups excluding carboxylic acids is 1. The molecule has 0 bridgehead atoms. The zero-order valence-corrected chi connectivity index (χ0v) is 11.3. The Labute approximate surface area is 112 Å². The van der Waals surface area contributed by atoms with Crippen LogP contribution in [0.4, 0.5) is 5.69 Å². The molecule has 0 fully saturated rings. The van der Waals surface area contributed by atoms with Crippen molar-refractivity contribution in [1.82, 2.24) is 5.32 Å². The molecule has 5 heteroatoms. The van der Waals surface area contributed by atoms with Crippen molar-refractivity contribution >= 4 is 34.6 Å². The van der Waals surface area contributed by atoms with Crippen molar-refractivity contribution in [3.63, 3.8) is 0 Å². The van der Waals surface area contributed by atoms with Crippen LogP contribution in [0.1, 0.15) is 12.5 Å². The lowest BCUT2D eigenvalue weighted by atomic mass is 10.1. The van der Waals surface area contributed by atoms with Crippen molar-refractivity contribution in [3.05, 3.63) is 29.8 Å². The van der Waals surface area contributed by atoms with E-state index >= 15 is 0 Å². The molecule has 0 unspecified atom stereocenters. The van der Waals surface area contributed by atoms with Gasteiger partial charge in [0.2, 0.25) is 0 Å². The average molecular weight is 261 g/mol. The second-order valence-corrected chi connectivity index (χ2v) is 4.56. The van der Waals surface area contributed by atoms with Crippen LogP contribution in [0.2, 0.25) is 0 Å². The number of nitrogens with zero attached hydrogens (tertiary/aromatic N) is 2. The summed E-state index contributed by atoms with van der Waals surface area (Å²) in [5.41, 5.74) is 2.70. The molecular weight excluding hydrogens is 246 g/mol. The van der Waals surface area contributed by atoms with Gasteiger partial charge in [-0.2, -0.15) is 0 Å². The van der Waals surface area contributed by atoms with E-state index in [1.807, 2.05) is 31.3 Å². The molecule has 0 aliphatic carbocycles. The van der Waals surface area contributed by atoms with Crippen LogP contribution in [-0.2, 0) is 11.2 Å². The predicted molar refractivity (Wildman–Crippen MR) is 77.3 cm³/mol. The molecule has 2 rings (SSSR count). The lowest BCUT2D eigenvalue weighted by molar-refractivity contribution is -0.113. The Hall–Kier alpha value is -1.75. The molecule has 1 aliphatic heterocycles. The number of hydrogen-bond acceptors (Lipinski definition) is 3. The van der Waals surface area contributed by atoms with Gasteiger partial charge in [0.1, 0.15) is 5.71 Å². The maximum absolute atomic E-state index is 11.5. The predicted octanol–water partition coefficient (Wildman–Crippen LogP) is 1.54. The molecule has 1 aromatic carbocycles. The monoisotopic (exact) mass is 261 g/mol. The first-order valence-corrected chi connectivity index (χ1v) is 6.24. The first-order chi connectivity index (χ1) is 8.60. The topological polar surface area (TPSA) is 44.7 Å². The highest BCUT2D eigenvalue weighted by Gasteiger charge is 2.20. The zero-order valence-electron chi connectivity index (χ0n) is 10.4. The molecule has 0 saturated carbocycles. The van der Waals surface area contributed by atoms with Crippen LogP contribution in [0.15, 0.2) is 29.3 Å². The molecule has 1 amide bonds. The van der Waals surface area contributed by atoms with Gasteiger partial charge in [-0.3, -0.25) is 10.1 Å². The number of carbonyl (C=O) groups is 1. The maximum atomic E-state index is 11.5. The Balaban J connectivity index is 2.09. The van der Waals surface area contributed by atoms with Crippen molar-refractivity contribution in [3.8, 4) is 0 Å². The van der Waals surface area contributed by atoms with Gasteiger partial charge in [0.25, 0.3) is 5.91 Å². The van der Waals surface area contributed by atoms with Crippen molar-refractivity contribution in [2.75, 3.05) is 18.5 Å². The van der Waals surface area contributed by atoms with Crippen LogP contribution < -0.4 is 10.2 Å². The largest absolute Gasteiger partial charge is 0.375 e. The minimum absolute atomic E-state index is 0.185. The van der Waals surface area contributed by atoms with Crippen LogP contribution in [0.5, 0.6) is 0 Å². The minimum atomic E-state index is -0.185. The van der Waals surface area contributed by atoms with Crippen molar-refractivity contribution < 1.29 is 4.79 Å². The van der Waals surface area contributed by atoms with E-state index in [0.29, 0.717) is 12.1 Å². The van der Waals surface area contributed by atoms with Gasteiger partial charge in [-0.05, 0) is 36.8 Å². The Morgan fingerprint density at radius 1 is 1.33 bits per heavy atom. The van der Waals surface area contributed by atoms with Gasteiger partial charge >= 0.3 is 0 Å². The zero-order chi connectivity index (χ0) is 13.1. The average Bonchev–Trinajstić information content (AvgIpc) is 2.68. The molecule has 0 saturated heterocycles. The number of hydrogen-bond donors (Lipinski definition) is 1. The minimum Gasteiger partial charge on any atom is -0.375 e. The quantitative estimate of drug-likeness (QED) is 0.836.